The number of hydrogen-bond acceptors (Lipinski definition) is 5. The third-order valence-electron chi connectivity index (χ3n) is 2.98. The molecule has 0 radical (unpaired) electrons. The maximum absolute atomic E-state index is 13.6. The highest BCUT2D eigenvalue weighted by Crippen LogP contribution is 2.35. The quantitative estimate of drug-likeness (QED) is 0.723. The van der Waals surface area contributed by atoms with Gasteiger partial charge in [0.2, 0.25) is 10.0 Å². The van der Waals surface area contributed by atoms with Gasteiger partial charge in [-0.2, -0.15) is 0 Å². The lowest BCUT2D eigenvalue weighted by atomic mass is 10.1. The molecule has 0 saturated carbocycles. The van der Waals surface area contributed by atoms with Crippen molar-refractivity contribution in [3.05, 3.63) is 23.5 Å². The van der Waals surface area contributed by atoms with Crippen LogP contribution in [0, 0.1) is 5.82 Å². The van der Waals surface area contributed by atoms with Crippen molar-refractivity contribution in [2.75, 3.05) is 26.8 Å². The van der Waals surface area contributed by atoms with Crippen LogP contribution in [0.1, 0.15) is 5.56 Å². The molecule has 0 aliphatic carbocycles. The molecule has 112 valence electrons. The number of halogens is 1. The Morgan fingerprint density at radius 1 is 1.55 bits per heavy atom. The molecule has 1 aliphatic rings. The molecule has 8 heteroatoms. The van der Waals surface area contributed by atoms with E-state index in [9.17, 15) is 12.8 Å². The van der Waals surface area contributed by atoms with Gasteiger partial charge in [-0.1, -0.05) is 0 Å². The zero-order valence-corrected chi connectivity index (χ0v) is 11.9. The number of rotatable bonds is 6. The Kier molecular flexibility index (Phi) is 4.59. The molecule has 20 heavy (non-hydrogen) atoms. The van der Waals surface area contributed by atoms with Crippen molar-refractivity contribution in [1.82, 2.24) is 4.72 Å². The van der Waals surface area contributed by atoms with Crippen LogP contribution in [0.2, 0.25) is 0 Å². The molecule has 0 spiro atoms. The molecule has 2 rings (SSSR count). The number of hydrogen-bond donors (Lipinski definition) is 2. The average Bonchev–Trinajstić information content (AvgIpc) is 2.80. The Bertz CT molecular complexity index is 591. The number of ether oxygens (including phenoxy) is 2. The van der Waals surface area contributed by atoms with Crippen LogP contribution < -0.4 is 15.2 Å². The molecule has 0 saturated heterocycles. The van der Waals surface area contributed by atoms with E-state index in [1.807, 2.05) is 0 Å². The van der Waals surface area contributed by atoms with Gasteiger partial charge in [0, 0.05) is 32.2 Å². The molecule has 1 aromatic rings. The number of methoxy groups -OCH3 is 1. The SMILES string of the molecule is COCCNS(=O)(=O)c1cc(F)cc2c1OC(CN)C2. The summed E-state index contributed by atoms with van der Waals surface area (Å²) < 4.78 is 50.5. The first-order chi connectivity index (χ1) is 9.47. The summed E-state index contributed by atoms with van der Waals surface area (Å²) in [7, 11) is -2.39. The van der Waals surface area contributed by atoms with Gasteiger partial charge < -0.3 is 15.2 Å². The largest absolute Gasteiger partial charge is 0.487 e. The molecule has 6 nitrogen and oxygen atoms in total. The molecule has 1 aromatic carbocycles. The fourth-order valence-electron chi connectivity index (χ4n) is 2.05. The number of nitrogens with two attached hydrogens (primary N) is 1. The second kappa shape index (κ2) is 6.04. The Morgan fingerprint density at radius 2 is 2.30 bits per heavy atom. The first kappa shape index (κ1) is 15.2. The van der Waals surface area contributed by atoms with Crippen molar-refractivity contribution in [2.24, 2.45) is 5.73 Å². The lowest BCUT2D eigenvalue weighted by Gasteiger charge is -2.12. The van der Waals surface area contributed by atoms with Crippen molar-refractivity contribution in [3.8, 4) is 5.75 Å². The summed E-state index contributed by atoms with van der Waals surface area (Å²) in [6, 6.07) is 2.23. The van der Waals surface area contributed by atoms with Crippen molar-refractivity contribution in [3.63, 3.8) is 0 Å². The molecular formula is C12H17FN2O4S. The molecule has 0 bridgehead atoms. The van der Waals surface area contributed by atoms with Crippen molar-refractivity contribution in [1.29, 1.82) is 0 Å². The second-order valence-corrected chi connectivity index (χ2v) is 6.20. The number of nitrogens with one attached hydrogen (secondary N) is 1. The van der Waals surface area contributed by atoms with Gasteiger partial charge >= 0.3 is 0 Å². The van der Waals surface area contributed by atoms with Gasteiger partial charge in [-0.25, -0.2) is 17.5 Å². The Labute approximate surface area is 117 Å². The minimum absolute atomic E-state index is 0.102. The van der Waals surface area contributed by atoms with E-state index in [-0.39, 0.29) is 36.4 Å². The van der Waals surface area contributed by atoms with E-state index in [2.05, 4.69) is 4.72 Å². The van der Waals surface area contributed by atoms with E-state index in [0.717, 1.165) is 6.07 Å². The third-order valence-corrected chi connectivity index (χ3v) is 4.45. The molecule has 0 aromatic heterocycles. The predicted octanol–water partition coefficient (Wildman–Crippen LogP) is 0.0126. The molecular weight excluding hydrogens is 287 g/mol. The smallest absolute Gasteiger partial charge is 0.244 e. The van der Waals surface area contributed by atoms with Crippen LogP contribution in [0.25, 0.3) is 0 Å². The fourth-order valence-corrected chi connectivity index (χ4v) is 3.25. The van der Waals surface area contributed by atoms with Gasteiger partial charge in [-0.15, -0.1) is 0 Å². The highest BCUT2D eigenvalue weighted by atomic mass is 32.2. The van der Waals surface area contributed by atoms with E-state index in [4.69, 9.17) is 15.2 Å². The second-order valence-electron chi connectivity index (χ2n) is 4.46. The normalized spacial score (nSPS) is 17.9. The van der Waals surface area contributed by atoms with E-state index in [1.165, 1.54) is 13.2 Å². The minimum atomic E-state index is -3.85. The van der Waals surface area contributed by atoms with Gasteiger partial charge in [0.1, 0.15) is 22.6 Å². The summed E-state index contributed by atoms with van der Waals surface area (Å²) in [5, 5.41) is 0. The maximum atomic E-state index is 13.6. The monoisotopic (exact) mass is 304 g/mol. The van der Waals surface area contributed by atoms with Gasteiger partial charge in [-0.05, 0) is 12.1 Å². The van der Waals surface area contributed by atoms with Gasteiger partial charge in [-0.3, -0.25) is 0 Å². The molecule has 1 atom stereocenters. The summed E-state index contributed by atoms with van der Waals surface area (Å²) >= 11 is 0. The number of fused-ring (bicyclic) bond motifs is 1. The highest BCUT2D eigenvalue weighted by molar-refractivity contribution is 7.89. The van der Waals surface area contributed by atoms with Crippen LogP contribution in [0.5, 0.6) is 5.75 Å². The van der Waals surface area contributed by atoms with E-state index >= 15 is 0 Å². The molecule has 1 aliphatic heterocycles. The fraction of sp³-hybridized carbons (Fsp3) is 0.500. The van der Waals surface area contributed by atoms with Crippen LogP contribution in [0.4, 0.5) is 4.39 Å². The van der Waals surface area contributed by atoms with Crippen LogP contribution in [-0.4, -0.2) is 41.3 Å². The summed E-state index contributed by atoms with van der Waals surface area (Å²) in [4.78, 5) is -0.195. The summed E-state index contributed by atoms with van der Waals surface area (Å²) in [5.74, 6) is -0.427. The minimum Gasteiger partial charge on any atom is -0.487 e. The molecule has 3 N–H and O–H groups in total. The lowest BCUT2D eigenvalue weighted by molar-refractivity contribution is 0.204. The van der Waals surface area contributed by atoms with Crippen LogP contribution in [-0.2, 0) is 21.2 Å². The van der Waals surface area contributed by atoms with Crippen molar-refractivity contribution >= 4 is 10.0 Å². The first-order valence-corrected chi connectivity index (χ1v) is 7.64. The number of sulfonamides is 1. The zero-order valence-electron chi connectivity index (χ0n) is 11.1. The topological polar surface area (TPSA) is 90.6 Å². The van der Waals surface area contributed by atoms with E-state index in [1.54, 1.807) is 0 Å². The van der Waals surface area contributed by atoms with Gasteiger partial charge in [0.15, 0.2) is 0 Å². The Hall–Kier alpha value is -1.22. The highest BCUT2D eigenvalue weighted by Gasteiger charge is 2.30. The van der Waals surface area contributed by atoms with Gasteiger partial charge in [0.05, 0.1) is 6.61 Å². The molecule has 1 heterocycles. The van der Waals surface area contributed by atoms with E-state index in [0.29, 0.717) is 12.0 Å². The standard InChI is InChI=1S/C12H17FN2O4S/c1-18-3-2-15-20(16,17)11-6-9(13)4-8-5-10(7-14)19-12(8)11/h4,6,10,15H,2-3,5,7,14H2,1H3. The van der Waals surface area contributed by atoms with Crippen molar-refractivity contribution < 1.29 is 22.3 Å². The number of benzene rings is 1. The third kappa shape index (κ3) is 3.09. The Morgan fingerprint density at radius 3 is 2.95 bits per heavy atom. The summed E-state index contributed by atoms with van der Waals surface area (Å²) in [6.07, 6.45) is 0.0872. The van der Waals surface area contributed by atoms with Crippen LogP contribution in [0.15, 0.2) is 17.0 Å². The predicted molar refractivity (Wildman–Crippen MR) is 70.6 cm³/mol. The zero-order chi connectivity index (χ0) is 14.8. The maximum Gasteiger partial charge on any atom is 0.244 e. The average molecular weight is 304 g/mol. The van der Waals surface area contributed by atoms with Crippen LogP contribution in [0.3, 0.4) is 0 Å². The van der Waals surface area contributed by atoms with Crippen molar-refractivity contribution in [2.45, 2.75) is 17.4 Å². The molecule has 0 amide bonds. The lowest BCUT2D eigenvalue weighted by Crippen LogP contribution is -2.28. The molecule has 1 unspecified atom stereocenters. The Balaban J connectivity index is 2.33. The summed E-state index contributed by atoms with van der Waals surface area (Å²) in [5.41, 5.74) is 6.03. The van der Waals surface area contributed by atoms with Gasteiger partial charge in [0.25, 0.3) is 0 Å². The van der Waals surface area contributed by atoms with E-state index < -0.39 is 15.8 Å². The first-order valence-electron chi connectivity index (χ1n) is 6.15. The van der Waals surface area contributed by atoms with Crippen LogP contribution >= 0.6 is 0 Å². The summed E-state index contributed by atoms with van der Waals surface area (Å²) in [6.45, 7) is 0.570. The molecule has 0 fully saturated rings.